The van der Waals surface area contributed by atoms with Crippen molar-refractivity contribution in [3.8, 4) is 0 Å². The number of anilines is 1. The van der Waals surface area contributed by atoms with Crippen LogP contribution in [0.5, 0.6) is 0 Å². The molecule has 2 heterocycles. The molecule has 1 unspecified atom stereocenters. The van der Waals surface area contributed by atoms with E-state index in [4.69, 9.17) is 0 Å². The van der Waals surface area contributed by atoms with E-state index in [0.717, 1.165) is 24.1 Å². The molecule has 160 valence electrons. The number of benzene rings is 1. The van der Waals surface area contributed by atoms with E-state index < -0.39 is 16.1 Å². The van der Waals surface area contributed by atoms with Gasteiger partial charge in [0.15, 0.2) is 0 Å². The third kappa shape index (κ3) is 5.00. The number of carbonyl (C=O) groups is 2. The second kappa shape index (κ2) is 8.75. The first-order chi connectivity index (χ1) is 14.4. The van der Waals surface area contributed by atoms with Crippen LogP contribution in [0.3, 0.4) is 0 Å². The summed E-state index contributed by atoms with van der Waals surface area (Å²) in [7, 11) is -3.51. The molecule has 1 atom stereocenters. The van der Waals surface area contributed by atoms with Gasteiger partial charge in [-0.3, -0.25) is 20.4 Å². The molecule has 30 heavy (non-hydrogen) atoms. The van der Waals surface area contributed by atoms with Gasteiger partial charge in [-0.25, -0.2) is 13.1 Å². The molecule has 2 fully saturated rings. The van der Waals surface area contributed by atoms with Gasteiger partial charge < -0.3 is 4.90 Å². The van der Waals surface area contributed by atoms with Crippen LogP contribution in [0.2, 0.25) is 0 Å². The lowest BCUT2D eigenvalue weighted by atomic mass is 10.2. The quantitative estimate of drug-likeness (QED) is 0.535. The largest absolute Gasteiger partial charge is 0.330 e. The Kier molecular flexibility index (Phi) is 6.07. The van der Waals surface area contributed by atoms with Crippen LogP contribution in [-0.2, 0) is 26.0 Å². The number of nitrogens with one attached hydrogen (secondary N) is 3. The summed E-state index contributed by atoms with van der Waals surface area (Å²) < 4.78 is 27.0. The first-order valence-electron chi connectivity index (χ1n) is 9.92. The molecular weight excluding hydrogens is 424 g/mol. The molecule has 1 aromatic heterocycles. The van der Waals surface area contributed by atoms with Crippen LogP contribution < -0.4 is 15.6 Å². The van der Waals surface area contributed by atoms with E-state index in [1.807, 2.05) is 17.5 Å². The molecule has 1 aliphatic heterocycles. The average Bonchev–Trinajstić information content (AvgIpc) is 3.19. The fraction of sp³-hybridized carbons (Fsp3) is 0.400. The Balaban J connectivity index is 1.31. The number of likely N-dealkylation sites (tertiary alicyclic amines) is 1. The van der Waals surface area contributed by atoms with Crippen molar-refractivity contribution >= 4 is 38.9 Å². The minimum atomic E-state index is -3.51. The Morgan fingerprint density at radius 1 is 1.10 bits per heavy atom. The van der Waals surface area contributed by atoms with E-state index in [9.17, 15) is 18.0 Å². The SMILES string of the molecule is O=C(NNc1ccc(S(=O)(=O)NC2CC2)cc1)C1CCCN1C(=O)Cc1cccs1. The number of hydrogen-bond donors (Lipinski definition) is 3. The summed E-state index contributed by atoms with van der Waals surface area (Å²) >= 11 is 1.53. The van der Waals surface area contributed by atoms with Crippen LogP contribution in [0, 0.1) is 0 Å². The highest BCUT2D eigenvalue weighted by Crippen LogP contribution is 2.23. The second-order valence-electron chi connectivity index (χ2n) is 7.54. The third-order valence-electron chi connectivity index (χ3n) is 5.18. The van der Waals surface area contributed by atoms with Gasteiger partial charge in [0.25, 0.3) is 5.91 Å². The van der Waals surface area contributed by atoms with Gasteiger partial charge in [0.1, 0.15) is 6.04 Å². The molecule has 8 nitrogen and oxygen atoms in total. The number of hydrogen-bond acceptors (Lipinski definition) is 6. The predicted octanol–water partition coefficient (Wildman–Crippen LogP) is 1.87. The Labute approximate surface area is 179 Å². The monoisotopic (exact) mass is 448 g/mol. The summed E-state index contributed by atoms with van der Waals surface area (Å²) in [5.41, 5.74) is 6.01. The van der Waals surface area contributed by atoms with E-state index >= 15 is 0 Å². The minimum absolute atomic E-state index is 0.0453. The number of hydrazine groups is 1. The van der Waals surface area contributed by atoms with Crippen LogP contribution in [0.25, 0.3) is 0 Å². The van der Waals surface area contributed by atoms with Gasteiger partial charge in [-0.15, -0.1) is 11.3 Å². The maximum Gasteiger partial charge on any atom is 0.261 e. The Morgan fingerprint density at radius 2 is 1.87 bits per heavy atom. The number of amides is 2. The van der Waals surface area contributed by atoms with Gasteiger partial charge in [-0.2, -0.15) is 0 Å². The molecule has 1 aliphatic carbocycles. The highest BCUT2D eigenvalue weighted by Gasteiger charge is 2.34. The van der Waals surface area contributed by atoms with Crippen LogP contribution in [-0.4, -0.2) is 43.8 Å². The fourth-order valence-electron chi connectivity index (χ4n) is 3.42. The van der Waals surface area contributed by atoms with Crippen molar-refractivity contribution in [1.29, 1.82) is 0 Å². The van der Waals surface area contributed by atoms with Crippen molar-refractivity contribution in [2.45, 2.75) is 49.1 Å². The van der Waals surface area contributed by atoms with Crippen molar-refractivity contribution in [3.63, 3.8) is 0 Å². The number of nitrogens with zero attached hydrogens (tertiary/aromatic N) is 1. The molecule has 2 aliphatic rings. The lowest BCUT2D eigenvalue weighted by Crippen LogP contribution is -2.47. The maximum absolute atomic E-state index is 12.6. The lowest BCUT2D eigenvalue weighted by Gasteiger charge is -2.24. The first kappa shape index (κ1) is 20.8. The Bertz CT molecular complexity index is 1000. The Hall–Kier alpha value is -2.43. The maximum atomic E-state index is 12.6. The van der Waals surface area contributed by atoms with Crippen LogP contribution in [0.15, 0.2) is 46.7 Å². The molecule has 1 saturated carbocycles. The molecule has 1 aromatic carbocycles. The fourth-order valence-corrected chi connectivity index (χ4v) is 5.43. The van der Waals surface area contributed by atoms with E-state index in [2.05, 4.69) is 15.6 Å². The number of carbonyl (C=O) groups excluding carboxylic acids is 2. The zero-order valence-electron chi connectivity index (χ0n) is 16.3. The Morgan fingerprint density at radius 3 is 2.53 bits per heavy atom. The van der Waals surface area contributed by atoms with Gasteiger partial charge >= 0.3 is 0 Å². The topological polar surface area (TPSA) is 108 Å². The lowest BCUT2D eigenvalue weighted by molar-refractivity contribution is -0.137. The van der Waals surface area contributed by atoms with Crippen molar-refractivity contribution in [2.75, 3.05) is 12.0 Å². The normalized spacial score (nSPS) is 18.9. The molecule has 0 spiro atoms. The molecule has 0 bridgehead atoms. The van der Waals surface area contributed by atoms with Gasteiger partial charge in [-0.05, 0) is 61.4 Å². The third-order valence-corrected chi connectivity index (χ3v) is 7.59. The van der Waals surface area contributed by atoms with Gasteiger partial charge in [-0.1, -0.05) is 6.07 Å². The second-order valence-corrected chi connectivity index (χ2v) is 10.3. The zero-order chi connectivity index (χ0) is 21.1. The molecule has 10 heteroatoms. The van der Waals surface area contributed by atoms with Crippen molar-refractivity contribution < 1.29 is 18.0 Å². The number of thiophene rings is 1. The minimum Gasteiger partial charge on any atom is -0.330 e. The van der Waals surface area contributed by atoms with Gasteiger partial charge in [0.2, 0.25) is 15.9 Å². The average molecular weight is 449 g/mol. The summed E-state index contributed by atoms with van der Waals surface area (Å²) in [6.07, 6.45) is 3.46. The van der Waals surface area contributed by atoms with Crippen LogP contribution >= 0.6 is 11.3 Å². The van der Waals surface area contributed by atoms with E-state index in [-0.39, 0.29) is 22.8 Å². The van der Waals surface area contributed by atoms with E-state index in [1.54, 1.807) is 17.0 Å². The van der Waals surface area contributed by atoms with Crippen LogP contribution in [0.1, 0.15) is 30.6 Å². The predicted molar refractivity (Wildman–Crippen MR) is 114 cm³/mol. The molecular formula is C20H24N4O4S2. The highest BCUT2D eigenvalue weighted by molar-refractivity contribution is 7.89. The molecule has 3 N–H and O–H groups in total. The standard InChI is InChI=1S/C20H24N4O4S2/c25-19(13-16-3-2-12-29-16)24-11-1-4-18(24)20(26)22-21-14-7-9-17(10-8-14)30(27,28)23-15-5-6-15/h2-3,7-10,12,15,18,21,23H,1,4-6,11,13H2,(H,22,26). The summed E-state index contributed by atoms with van der Waals surface area (Å²) in [5, 5.41) is 1.93. The van der Waals surface area contributed by atoms with E-state index in [0.29, 0.717) is 25.1 Å². The molecule has 2 aromatic rings. The summed E-state index contributed by atoms with van der Waals surface area (Å²) in [6.45, 7) is 0.572. The molecule has 1 saturated heterocycles. The molecule has 4 rings (SSSR count). The summed E-state index contributed by atoms with van der Waals surface area (Å²) in [6, 6.07) is 9.53. The summed E-state index contributed by atoms with van der Waals surface area (Å²) in [4.78, 5) is 28.0. The number of rotatable bonds is 8. The van der Waals surface area contributed by atoms with E-state index in [1.165, 1.54) is 23.5 Å². The van der Waals surface area contributed by atoms with Crippen molar-refractivity contribution in [2.24, 2.45) is 0 Å². The van der Waals surface area contributed by atoms with Gasteiger partial charge in [0.05, 0.1) is 17.0 Å². The van der Waals surface area contributed by atoms with Crippen molar-refractivity contribution in [1.82, 2.24) is 15.0 Å². The van der Waals surface area contributed by atoms with Gasteiger partial charge in [0, 0.05) is 17.5 Å². The summed E-state index contributed by atoms with van der Waals surface area (Å²) in [5.74, 6) is -0.327. The molecule has 0 radical (unpaired) electrons. The molecule has 2 amide bonds. The highest BCUT2D eigenvalue weighted by atomic mass is 32.2. The number of sulfonamides is 1. The first-order valence-corrected chi connectivity index (χ1v) is 12.3. The zero-order valence-corrected chi connectivity index (χ0v) is 18.0. The smallest absolute Gasteiger partial charge is 0.261 e. The van der Waals surface area contributed by atoms with Crippen molar-refractivity contribution in [3.05, 3.63) is 46.7 Å². The van der Waals surface area contributed by atoms with Crippen LogP contribution in [0.4, 0.5) is 5.69 Å².